The van der Waals surface area contributed by atoms with Crippen molar-refractivity contribution in [1.29, 1.82) is 0 Å². The number of benzene rings is 3. The zero-order valence-corrected chi connectivity index (χ0v) is 28.9. The molecular formula is C33H28B2Br2N2O10. The molecule has 0 radical (unpaired) electrons. The summed E-state index contributed by atoms with van der Waals surface area (Å²) in [5, 5.41) is 49.8. The van der Waals surface area contributed by atoms with E-state index >= 15 is 0 Å². The fourth-order valence-corrected chi connectivity index (χ4v) is 9.06. The maximum atomic E-state index is 14.5. The van der Waals surface area contributed by atoms with Gasteiger partial charge in [-0.05, 0) is 97.4 Å². The number of allylic oxidation sites excluding steroid dienone is 2. The van der Waals surface area contributed by atoms with Gasteiger partial charge in [0.15, 0.2) is 11.5 Å². The van der Waals surface area contributed by atoms with Gasteiger partial charge in [0, 0.05) is 10.4 Å². The number of imide groups is 2. The number of carbonyl (C=O) groups is 4. The van der Waals surface area contributed by atoms with Crippen molar-refractivity contribution in [1.82, 2.24) is 0 Å². The molecule has 4 amide bonds. The number of amides is 4. The van der Waals surface area contributed by atoms with Crippen LogP contribution in [0.2, 0.25) is 0 Å². The summed E-state index contributed by atoms with van der Waals surface area (Å²) in [6.45, 7) is 0. The second-order valence-electron chi connectivity index (χ2n) is 12.6. The molecule has 6 atom stereocenters. The molecule has 1 saturated carbocycles. The third-order valence-electron chi connectivity index (χ3n) is 10.2. The van der Waals surface area contributed by atoms with Crippen LogP contribution in [0.3, 0.4) is 0 Å². The zero-order valence-electron chi connectivity index (χ0n) is 25.7. The van der Waals surface area contributed by atoms with Crippen molar-refractivity contribution in [3.63, 3.8) is 0 Å². The molecule has 3 fully saturated rings. The molecule has 5 N–H and O–H groups in total. The number of methoxy groups -OCH3 is 1. The van der Waals surface area contributed by atoms with E-state index in [4.69, 9.17) is 4.74 Å². The number of ether oxygens (including phenoxy) is 1. The summed E-state index contributed by atoms with van der Waals surface area (Å²) in [5.74, 6) is -6.96. The lowest BCUT2D eigenvalue weighted by atomic mass is 9.57. The first-order valence-electron chi connectivity index (χ1n) is 15.5. The van der Waals surface area contributed by atoms with E-state index in [1.807, 2.05) is 6.08 Å². The van der Waals surface area contributed by atoms with E-state index in [1.165, 1.54) is 49.6 Å². The molecule has 12 nitrogen and oxygen atoms in total. The number of halogens is 2. The Hall–Kier alpha value is -3.79. The topological polar surface area (TPSA) is 185 Å². The lowest BCUT2D eigenvalue weighted by Crippen LogP contribution is -2.43. The van der Waals surface area contributed by atoms with Gasteiger partial charge < -0.3 is 29.9 Å². The number of nitrogens with zero attached hydrogens (tertiary/aromatic N) is 2. The van der Waals surface area contributed by atoms with Gasteiger partial charge in [-0.2, -0.15) is 0 Å². The number of anilines is 2. The Morgan fingerprint density at radius 2 is 1.29 bits per heavy atom. The molecular weight excluding hydrogens is 766 g/mol. The number of carbonyl (C=O) groups excluding carboxylic acids is 4. The van der Waals surface area contributed by atoms with Gasteiger partial charge in [0.05, 0.1) is 46.6 Å². The Kier molecular flexibility index (Phi) is 8.61. The largest absolute Gasteiger partial charge is 0.503 e. The fourth-order valence-electron chi connectivity index (χ4n) is 8.09. The highest BCUT2D eigenvalue weighted by atomic mass is 79.9. The van der Waals surface area contributed by atoms with E-state index in [9.17, 15) is 44.4 Å². The van der Waals surface area contributed by atoms with E-state index in [0.29, 0.717) is 15.6 Å². The molecule has 2 aliphatic carbocycles. The van der Waals surface area contributed by atoms with Crippen molar-refractivity contribution >= 4 is 92.0 Å². The molecule has 0 bridgehead atoms. The Labute approximate surface area is 297 Å². The van der Waals surface area contributed by atoms with Crippen LogP contribution in [0.4, 0.5) is 11.4 Å². The summed E-state index contributed by atoms with van der Waals surface area (Å²) >= 11 is 6.99. The number of hydrogen-bond acceptors (Lipinski definition) is 10. The van der Waals surface area contributed by atoms with E-state index in [2.05, 4.69) is 31.9 Å². The van der Waals surface area contributed by atoms with Crippen LogP contribution < -0.4 is 25.5 Å². The van der Waals surface area contributed by atoms with Crippen molar-refractivity contribution in [3.05, 3.63) is 80.8 Å². The molecule has 0 spiro atoms. The van der Waals surface area contributed by atoms with Gasteiger partial charge in [-0.25, -0.2) is 0 Å². The number of fused-ring (bicyclic) bond motifs is 4. The summed E-state index contributed by atoms with van der Waals surface area (Å²) in [7, 11) is -2.26. The Morgan fingerprint density at radius 1 is 0.735 bits per heavy atom. The number of rotatable bonds is 6. The molecule has 3 aromatic carbocycles. The highest BCUT2D eigenvalue weighted by molar-refractivity contribution is 9.13. The molecule has 16 heteroatoms. The molecule has 0 aromatic heterocycles. The standard InChI is InChI=1S/C33H28B2Br2N2O10/c1-49-23-13-21(27(36)28(37)29(23)40)24-18-8-9-19-25(32(43)38(30(19)41)16-6-2-4-14(10-16)34(45)46)20(18)12-22-26(24)33(44)39(31(22)42)17-7-3-5-15(11-17)35(47)48/h2-8,10-11,13,19-20,22,24-26,40,45-48H,9,12H2,1H3. The first kappa shape index (κ1) is 33.7. The summed E-state index contributed by atoms with van der Waals surface area (Å²) in [5.41, 5.74) is 1.78. The van der Waals surface area contributed by atoms with Crippen LogP contribution in [-0.2, 0) is 19.2 Å². The Balaban J connectivity index is 1.37. The molecule has 4 aliphatic rings. The second kappa shape index (κ2) is 12.5. The van der Waals surface area contributed by atoms with Crippen LogP contribution in [0, 0.1) is 29.6 Å². The minimum atomic E-state index is -1.83. The van der Waals surface area contributed by atoms with Crippen molar-refractivity contribution in [2.24, 2.45) is 29.6 Å². The van der Waals surface area contributed by atoms with Crippen LogP contribution in [0.15, 0.2) is 75.2 Å². The molecule has 2 saturated heterocycles. The maximum Gasteiger partial charge on any atom is 0.488 e. The predicted molar refractivity (Wildman–Crippen MR) is 185 cm³/mol. The molecule has 6 unspecified atom stereocenters. The van der Waals surface area contributed by atoms with E-state index in [0.717, 1.165) is 9.80 Å². The third kappa shape index (κ3) is 5.19. The fraction of sp³-hybridized carbons (Fsp3) is 0.273. The number of phenols is 1. The van der Waals surface area contributed by atoms with E-state index < -0.39 is 73.4 Å². The van der Waals surface area contributed by atoms with Crippen LogP contribution in [0.25, 0.3) is 0 Å². The SMILES string of the molecule is COc1cc(C2C3=CCC4C(=O)N(c5cccc(B(O)O)c5)C(=O)C4C3CC3C(=O)N(c4cccc(B(O)O)c4)C(=O)C32)c(Br)c(Br)c1O. The van der Waals surface area contributed by atoms with Gasteiger partial charge in [-0.3, -0.25) is 29.0 Å². The highest BCUT2D eigenvalue weighted by Gasteiger charge is 2.62. The Bertz CT molecular complexity index is 1970. The van der Waals surface area contributed by atoms with Crippen molar-refractivity contribution < 1.29 is 49.1 Å². The quantitative estimate of drug-likeness (QED) is 0.139. The van der Waals surface area contributed by atoms with Crippen LogP contribution >= 0.6 is 31.9 Å². The van der Waals surface area contributed by atoms with Gasteiger partial charge >= 0.3 is 14.2 Å². The van der Waals surface area contributed by atoms with Crippen molar-refractivity contribution in [2.45, 2.75) is 18.8 Å². The van der Waals surface area contributed by atoms with Crippen LogP contribution in [0.1, 0.15) is 24.3 Å². The molecule has 49 heavy (non-hydrogen) atoms. The molecule has 2 heterocycles. The van der Waals surface area contributed by atoms with Crippen molar-refractivity contribution in [2.75, 3.05) is 16.9 Å². The second-order valence-corrected chi connectivity index (χ2v) is 14.2. The van der Waals surface area contributed by atoms with Crippen molar-refractivity contribution in [3.8, 4) is 11.5 Å². The number of aromatic hydroxyl groups is 1. The predicted octanol–water partition coefficient (Wildman–Crippen LogP) is 1.33. The summed E-state index contributed by atoms with van der Waals surface area (Å²) in [6.07, 6.45) is 2.15. The monoisotopic (exact) mass is 792 g/mol. The number of phenolic OH excluding ortho intramolecular Hbond substituents is 1. The summed E-state index contributed by atoms with van der Waals surface area (Å²) < 4.78 is 6.13. The van der Waals surface area contributed by atoms with Crippen LogP contribution in [0.5, 0.6) is 11.5 Å². The highest BCUT2D eigenvalue weighted by Crippen LogP contribution is 2.60. The first-order chi connectivity index (χ1) is 23.3. The zero-order chi connectivity index (χ0) is 35.0. The normalized spacial score (nSPS) is 26.0. The average Bonchev–Trinajstić information content (AvgIpc) is 3.50. The molecule has 250 valence electrons. The molecule has 2 aliphatic heterocycles. The smallest absolute Gasteiger partial charge is 0.488 e. The molecule has 3 aromatic rings. The Morgan fingerprint density at radius 3 is 1.84 bits per heavy atom. The summed E-state index contributed by atoms with van der Waals surface area (Å²) in [4.78, 5) is 59.0. The van der Waals surface area contributed by atoms with Gasteiger partial charge in [0.2, 0.25) is 23.6 Å². The lowest BCUT2D eigenvalue weighted by molar-refractivity contribution is -0.126. The van der Waals surface area contributed by atoms with Gasteiger partial charge in [0.1, 0.15) is 0 Å². The summed E-state index contributed by atoms with van der Waals surface area (Å²) in [6, 6.07) is 13.3. The first-order valence-corrected chi connectivity index (χ1v) is 17.1. The third-order valence-corrected chi connectivity index (χ3v) is 12.4. The molecule has 7 rings (SSSR count). The van der Waals surface area contributed by atoms with Crippen LogP contribution in [-0.4, -0.2) is 70.2 Å². The van der Waals surface area contributed by atoms with Gasteiger partial charge in [-0.1, -0.05) is 35.9 Å². The van der Waals surface area contributed by atoms with Gasteiger partial charge in [-0.15, -0.1) is 0 Å². The minimum Gasteiger partial charge on any atom is -0.503 e. The maximum absolute atomic E-state index is 14.5. The number of hydrogen-bond donors (Lipinski definition) is 5. The average molecular weight is 794 g/mol. The van der Waals surface area contributed by atoms with Gasteiger partial charge in [0.25, 0.3) is 0 Å². The van der Waals surface area contributed by atoms with E-state index in [-0.39, 0.29) is 51.1 Å². The lowest BCUT2D eigenvalue weighted by Gasteiger charge is -2.44. The minimum absolute atomic E-state index is 0.0895. The van der Waals surface area contributed by atoms with E-state index in [1.54, 1.807) is 12.1 Å².